The standard InChI is InChI=1S/C8H18O2/c1-3-6-10-7-5-8(9)4-2/h8-9H,3-7H2,1-2H3. The summed E-state index contributed by atoms with van der Waals surface area (Å²) in [7, 11) is 0. The SMILES string of the molecule is CCCOCCC(O)CC. The highest BCUT2D eigenvalue weighted by Crippen LogP contribution is 1.96. The Morgan fingerprint density at radius 2 is 2.00 bits per heavy atom. The summed E-state index contributed by atoms with van der Waals surface area (Å²) in [5, 5.41) is 9.08. The molecule has 0 saturated carbocycles. The summed E-state index contributed by atoms with van der Waals surface area (Å²) in [5.41, 5.74) is 0. The van der Waals surface area contributed by atoms with Crippen molar-refractivity contribution in [1.29, 1.82) is 0 Å². The predicted octanol–water partition coefficient (Wildman–Crippen LogP) is 1.57. The Morgan fingerprint density at radius 1 is 1.30 bits per heavy atom. The second kappa shape index (κ2) is 7.03. The van der Waals surface area contributed by atoms with Gasteiger partial charge in [-0.3, -0.25) is 0 Å². The number of ether oxygens (including phenoxy) is 1. The van der Waals surface area contributed by atoms with E-state index in [0.717, 1.165) is 25.9 Å². The molecular weight excluding hydrogens is 128 g/mol. The van der Waals surface area contributed by atoms with Crippen LogP contribution in [0.5, 0.6) is 0 Å². The second-order valence-electron chi connectivity index (χ2n) is 2.46. The molecule has 0 rings (SSSR count). The molecule has 0 aromatic carbocycles. The van der Waals surface area contributed by atoms with E-state index in [0.29, 0.717) is 6.61 Å². The Balaban J connectivity index is 2.89. The fourth-order valence-corrected chi connectivity index (χ4v) is 0.670. The smallest absolute Gasteiger partial charge is 0.0559 e. The van der Waals surface area contributed by atoms with Gasteiger partial charge >= 0.3 is 0 Å². The highest BCUT2D eigenvalue weighted by molar-refractivity contribution is 4.49. The van der Waals surface area contributed by atoms with Crippen LogP contribution >= 0.6 is 0 Å². The van der Waals surface area contributed by atoms with Crippen molar-refractivity contribution >= 4 is 0 Å². The second-order valence-corrected chi connectivity index (χ2v) is 2.46. The number of hydrogen-bond donors (Lipinski definition) is 1. The van der Waals surface area contributed by atoms with Crippen LogP contribution in [0.1, 0.15) is 33.1 Å². The van der Waals surface area contributed by atoms with E-state index in [-0.39, 0.29) is 6.10 Å². The molecule has 62 valence electrons. The van der Waals surface area contributed by atoms with Gasteiger partial charge < -0.3 is 9.84 Å². The molecule has 0 bridgehead atoms. The van der Waals surface area contributed by atoms with E-state index in [4.69, 9.17) is 9.84 Å². The van der Waals surface area contributed by atoms with E-state index in [9.17, 15) is 0 Å². The minimum Gasteiger partial charge on any atom is -0.393 e. The third kappa shape index (κ3) is 6.05. The molecule has 0 aliphatic heterocycles. The molecule has 10 heavy (non-hydrogen) atoms. The van der Waals surface area contributed by atoms with Crippen molar-refractivity contribution in [3.63, 3.8) is 0 Å². The Kier molecular flexibility index (Phi) is 6.98. The van der Waals surface area contributed by atoms with Crippen LogP contribution in [0, 0.1) is 0 Å². The van der Waals surface area contributed by atoms with E-state index in [1.54, 1.807) is 0 Å². The van der Waals surface area contributed by atoms with Crippen LogP contribution in [0.3, 0.4) is 0 Å². The molecule has 0 fully saturated rings. The lowest BCUT2D eigenvalue weighted by Gasteiger charge is -2.06. The summed E-state index contributed by atoms with van der Waals surface area (Å²) in [6, 6.07) is 0. The van der Waals surface area contributed by atoms with Gasteiger partial charge in [0.05, 0.1) is 6.10 Å². The first-order valence-electron chi connectivity index (χ1n) is 4.07. The zero-order chi connectivity index (χ0) is 7.82. The molecule has 0 aromatic rings. The third-order valence-electron chi connectivity index (χ3n) is 1.42. The average molecular weight is 146 g/mol. The van der Waals surface area contributed by atoms with Gasteiger partial charge in [0.2, 0.25) is 0 Å². The molecule has 0 amide bonds. The van der Waals surface area contributed by atoms with Crippen LogP contribution in [0.4, 0.5) is 0 Å². The normalized spacial score (nSPS) is 13.5. The maximum atomic E-state index is 9.08. The van der Waals surface area contributed by atoms with E-state index in [1.807, 2.05) is 6.92 Å². The molecule has 1 atom stereocenters. The van der Waals surface area contributed by atoms with Crippen molar-refractivity contribution < 1.29 is 9.84 Å². The largest absolute Gasteiger partial charge is 0.393 e. The van der Waals surface area contributed by atoms with Gasteiger partial charge in [0.15, 0.2) is 0 Å². The van der Waals surface area contributed by atoms with Gasteiger partial charge in [-0.15, -0.1) is 0 Å². The van der Waals surface area contributed by atoms with Crippen molar-refractivity contribution in [3.8, 4) is 0 Å². The maximum absolute atomic E-state index is 9.08. The molecule has 0 heterocycles. The lowest BCUT2D eigenvalue weighted by Crippen LogP contribution is -2.08. The molecule has 2 heteroatoms. The molecular formula is C8H18O2. The third-order valence-corrected chi connectivity index (χ3v) is 1.42. The lowest BCUT2D eigenvalue weighted by atomic mass is 10.2. The Hall–Kier alpha value is -0.0800. The monoisotopic (exact) mass is 146 g/mol. The van der Waals surface area contributed by atoms with Crippen LogP contribution in [0.2, 0.25) is 0 Å². The molecule has 2 nitrogen and oxygen atoms in total. The van der Waals surface area contributed by atoms with E-state index >= 15 is 0 Å². The first-order valence-corrected chi connectivity index (χ1v) is 4.07. The van der Waals surface area contributed by atoms with Crippen LogP contribution in [0.25, 0.3) is 0 Å². The molecule has 0 saturated heterocycles. The maximum Gasteiger partial charge on any atom is 0.0559 e. The van der Waals surface area contributed by atoms with Crippen molar-refractivity contribution in [2.24, 2.45) is 0 Å². The highest BCUT2D eigenvalue weighted by Gasteiger charge is 1.98. The summed E-state index contributed by atoms with van der Waals surface area (Å²) in [6.45, 7) is 5.57. The molecule has 1 unspecified atom stereocenters. The molecule has 1 N–H and O–H groups in total. The molecule has 0 aromatic heterocycles. The molecule has 0 radical (unpaired) electrons. The lowest BCUT2D eigenvalue weighted by molar-refractivity contribution is 0.0806. The van der Waals surface area contributed by atoms with E-state index in [1.165, 1.54) is 0 Å². The quantitative estimate of drug-likeness (QED) is 0.576. The fourth-order valence-electron chi connectivity index (χ4n) is 0.670. The van der Waals surface area contributed by atoms with E-state index < -0.39 is 0 Å². The van der Waals surface area contributed by atoms with Crippen LogP contribution in [0.15, 0.2) is 0 Å². The van der Waals surface area contributed by atoms with Crippen molar-refractivity contribution in [3.05, 3.63) is 0 Å². The van der Waals surface area contributed by atoms with Gasteiger partial charge in [-0.2, -0.15) is 0 Å². The molecule has 0 spiro atoms. The zero-order valence-corrected chi connectivity index (χ0v) is 6.97. The van der Waals surface area contributed by atoms with Crippen LogP contribution in [-0.4, -0.2) is 24.4 Å². The Morgan fingerprint density at radius 3 is 2.50 bits per heavy atom. The highest BCUT2D eigenvalue weighted by atomic mass is 16.5. The number of aliphatic hydroxyl groups excluding tert-OH is 1. The van der Waals surface area contributed by atoms with Gasteiger partial charge in [0.25, 0.3) is 0 Å². The van der Waals surface area contributed by atoms with Crippen LogP contribution in [-0.2, 0) is 4.74 Å². The molecule has 0 aliphatic rings. The average Bonchev–Trinajstić information content (AvgIpc) is 1.98. The predicted molar refractivity (Wildman–Crippen MR) is 42.0 cm³/mol. The minimum atomic E-state index is -0.170. The minimum absolute atomic E-state index is 0.170. The van der Waals surface area contributed by atoms with Crippen molar-refractivity contribution in [2.45, 2.75) is 39.2 Å². The van der Waals surface area contributed by atoms with E-state index in [2.05, 4.69) is 6.92 Å². The van der Waals surface area contributed by atoms with Gasteiger partial charge in [-0.1, -0.05) is 13.8 Å². The summed E-state index contributed by atoms with van der Waals surface area (Å²) in [4.78, 5) is 0. The van der Waals surface area contributed by atoms with Gasteiger partial charge in [-0.25, -0.2) is 0 Å². The van der Waals surface area contributed by atoms with Gasteiger partial charge in [0.1, 0.15) is 0 Å². The van der Waals surface area contributed by atoms with Crippen LogP contribution < -0.4 is 0 Å². The topological polar surface area (TPSA) is 29.5 Å². The number of aliphatic hydroxyl groups is 1. The summed E-state index contributed by atoms with van der Waals surface area (Å²) >= 11 is 0. The van der Waals surface area contributed by atoms with Gasteiger partial charge in [0, 0.05) is 13.2 Å². The zero-order valence-electron chi connectivity index (χ0n) is 6.97. The van der Waals surface area contributed by atoms with Gasteiger partial charge in [-0.05, 0) is 19.3 Å². The summed E-state index contributed by atoms with van der Waals surface area (Å²) < 4.78 is 5.20. The fraction of sp³-hybridized carbons (Fsp3) is 1.00. The number of hydrogen-bond acceptors (Lipinski definition) is 2. The number of rotatable bonds is 6. The summed E-state index contributed by atoms with van der Waals surface area (Å²) in [5.74, 6) is 0. The van der Waals surface area contributed by atoms with Crippen molar-refractivity contribution in [1.82, 2.24) is 0 Å². The van der Waals surface area contributed by atoms with Crippen molar-refractivity contribution in [2.75, 3.05) is 13.2 Å². The Labute approximate surface area is 63.2 Å². The Bertz CT molecular complexity index is 64.3. The first-order chi connectivity index (χ1) is 4.81. The first kappa shape index (κ1) is 9.92. The summed E-state index contributed by atoms with van der Waals surface area (Å²) in [6.07, 6.45) is 2.49. The molecule has 0 aliphatic carbocycles.